The minimum atomic E-state index is -0.750. The summed E-state index contributed by atoms with van der Waals surface area (Å²) >= 11 is 0. The van der Waals surface area contributed by atoms with Gasteiger partial charge < -0.3 is 15.7 Å². The molecule has 1 fully saturated rings. The van der Waals surface area contributed by atoms with Crippen LogP contribution in [0.3, 0.4) is 0 Å². The number of nitrogens with zero attached hydrogens (tertiary/aromatic N) is 3. The third-order valence-corrected chi connectivity index (χ3v) is 2.52. The average molecular weight is 208 g/mol. The summed E-state index contributed by atoms with van der Waals surface area (Å²) in [5.74, 6) is -0.141. The summed E-state index contributed by atoms with van der Waals surface area (Å²) in [4.78, 5) is 20.5. The zero-order chi connectivity index (χ0) is 10.8. The second-order valence-corrected chi connectivity index (χ2v) is 3.54. The van der Waals surface area contributed by atoms with Gasteiger partial charge in [-0.1, -0.05) is 0 Å². The molecule has 3 N–H and O–H groups in total. The molecule has 1 atom stereocenters. The van der Waals surface area contributed by atoms with Crippen molar-refractivity contribution in [2.45, 2.75) is 6.42 Å². The van der Waals surface area contributed by atoms with Crippen LogP contribution in [0.2, 0.25) is 0 Å². The van der Waals surface area contributed by atoms with Gasteiger partial charge in [0.15, 0.2) is 0 Å². The Balaban J connectivity index is 2.11. The van der Waals surface area contributed by atoms with Gasteiger partial charge in [0.25, 0.3) is 0 Å². The van der Waals surface area contributed by atoms with E-state index in [2.05, 4.69) is 9.97 Å². The van der Waals surface area contributed by atoms with Gasteiger partial charge in [-0.15, -0.1) is 0 Å². The summed E-state index contributed by atoms with van der Waals surface area (Å²) in [6.45, 7) is 1.19. The highest BCUT2D eigenvalue weighted by Gasteiger charge is 2.28. The Kier molecular flexibility index (Phi) is 2.40. The molecule has 1 saturated heterocycles. The molecule has 1 aromatic heterocycles. The van der Waals surface area contributed by atoms with Gasteiger partial charge in [-0.05, 0) is 12.5 Å². The first-order valence-corrected chi connectivity index (χ1v) is 4.73. The van der Waals surface area contributed by atoms with E-state index >= 15 is 0 Å². The summed E-state index contributed by atoms with van der Waals surface area (Å²) in [6, 6.07) is 1.74. The highest BCUT2D eigenvalue weighted by Crippen LogP contribution is 2.22. The molecule has 0 aliphatic carbocycles. The van der Waals surface area contributed by atoms with Crippen molar-refractivity contribution in [1.82, 2.24) is 9.97 Å². The third-order valence-electron chi connectivity index (χ3n) is 2.52. The molecule has 0 saturated carbocycles. The molecular formula is C9H12N4O2. The number of carboxylic acids is 1. The summed E-state index contributed by atoms with van der Waals surface area (Å²) in [5, 5.41) is 8.85. The van der Waals surface area contributed by atoms with Gasteiger partial charge in [0.05, 0.1) is 5.92 Å². The van der Waals surface area contributed by atoms with Crippen molar-refractivity contribution in [2.24, 2.45) is 5.92 Å². The molecular weight excluding hydrogens is 196 g/mol. The van der Waals surface area contributed by atoms with Gasteiger partial charge >= 0.3 is 5.97 Å². The first-order chi connectivity index (χ1) is 7.16. The van der Waals surface area contributed by atoms with Crippen LogP contribution in [0.15, 0.2) is 12.3 Å². The Morgan fingerprint density at radius 1 is 1.67 bits per heavy atom. The van der Waals surface area contributed by atoms with E-state index in [1.165, 1.54) is 0 Å². The Bertz CT molecular complexity index is 382. The fraction of sp³-hybridized carbons (Fsp3) is 0.444. The minimum absolute atomic E-state index is 0.214. The van der Waals surface area contributed by atoms with E-state index in [0.29, 0.717) is 25.3 Å². The number of carboxylic acid groups (broad SMARTS) is 1. The Morgan fingerprint density at radius 2 is 2.47 bits per heavy atom. The second-order valence-electron chi connectivity index (χ2n) is 3.54. The Morgan fingerprint density at radius 3 is 3.07 bits per heavy atom. The summed E-state index contributed by atoms with van der Waals surface area (Å²) in [6.07, 6.45) is 2.23. The summed E-state index contributed by atoms with van der Waals surface area (Å²) < 4.78 is 0. The molecule has 6 nitrogen and oxygen atoms in total. The minimum Gasteiger partial charge on any atom is -0.481 e. The molecule has 6 heteroatoms. The van der Waals surface area contributed by atoms with E-state index in [0.717, 1.165) is 0 Å². The standard InChI is InChI=1S/C9H12N4O2/c10-9-11-3-1-7(12-9)13-4-2-6(5-13)8(14)15/h1,3,6H,2,4-5H2,(H,14,15)(H2,10,11,12)/t6-/m0/s1. The third kappa shape index (κ3) is 1.98. The van der Waals surface area contributed by atoms with Crippen LogP contribution in [-0.2, 0) is 4.79 Å². The van der Waals surface area contributed by atoms with Gasteiger partial charge in [0.1, 0.15) is 5.82 Å². The predicted molar refractivity (Wildman–Crippen MR) is 54.4 cm³/mol. The van der Waals surface area contributed by atoms with Crippen LogP contribution in [0.25, 0.3) is 0 Å². The van der Waals surface area contributed by atoms with Crippen LogP contribution in [0.1, 0.15) is 6.42 Å². The van der Waals surface area contributed by atoms with E-state index in [-0.39, 0.29) is 11.9 Å². The normalized spacial score (nSPS) is 20.5. The molecule has 80 valence electrons. The lowest BCUT2D eigenvalue weighted by molar-refractivity contribution is -0.140. The van der Waals surface area contributed by atoms with Crippen LogP contribution < -0.4 is 10.6 Å². The quantitative estimate of drug-likeness (QED) is 0.709. The Hall–Kier alpha value is -1.85. The lowest BCUT2D eigenvalue weighted by Crippen LogP contribution is -2.23. The number of hydrogen-bond acceptors (Lipinski definition) is 5. The highest BCUT2D eigenvalue weighted by atomic mass is 16.4. The zero-order valence-corrected chi connectivity index (χ0v) is 8.13. The summed E-state index contributed by atoms with van der Waals surface area (Å²) in [7, 11) is 0. The molecule has 2 heterocycles. The maximum Gasteiger partial charge on any atom is 0.308 e. The van der Waals surface area contributed by atoms with Gasteiger partial charge in [0.2, 0.25) is 5.95 Å². The topological polar surface area (TPSA) is 92.3 Å². The van der Waals surface area contributed by atoms with Crippen molar-refractivity contribution in [1.29, 1.82) is 0 Å². The maximum atomic E-state index is 10.8. The van der Waals surface area contributed by atoms with Crippen molar-refractivity contribution >= 4 is 17.7 Å². The molecule has 0 unspecified atom stereocenters. The number of rotatable bonds is 2. The number of nitrogens with two attached hydrogens (primary N) is 1. The van der Waals surface area contributed by atoms with E-state index in [1.807, 2.05) is 4.90 Å². The van der Waals surface area contributed by atoms with Crippen molar-refractivity contribution in [3.8, 4) is 0 Å². The number of aromatic nitrogens is 2. The van der Waals surface area contributed by atoms with Gasteiger partial charge in [-0.25, -0.2) is 4.98 Å². The fourth-order valence-corrected chi connectivity index (χ4v) is 1.71. The van der Waals surface area contributed by atoms with Crippen molar-refractivity contribution in [3.63, 3.8) is 0 Å². The van der Waals surface area contributed by atoms with E-state index < -0.39 is 5.97 Å². The lowest BCUT2D eigenvalue weighted by Gasteiger charge is -2.16. The van der Waals surface area contributed by atoms with Gasteiger partial charge in [-0.3, -0.25) is 4.79 Å². The molecule has 0 radical (unpaired) electrons. The molecule has 1 aliphatic rings. The SMILES string of the molecule is Nc1nccc(N2CC[C@H](C(=O)O)C2)n1. The van der Waals surface area contributed by atoms with Crippen LogP contribution in [-0.4, -0.2) is 34.1 Å². The lowest BCUT2D eigenvalue weighted by atomic mass is 10.1. The van der Waals surface area contributed by atoms with Gasteiger partial charge in [0, 0.05) is 19.3 Å². The second kappa shape index (κ2) is 3.72. The van der Waals surface area contributed by atoms with Crippen LogP contribution in [0, 0.1) is 5.92 Å². The molecule has 0 bridgehead atoms. The Labute approximate surface area is 86.7 Å². The van der Waals surface area contributed by atoms with Crippen LogP contribution >= 0.6 is 0 Å². The van der Waals surface area contributed by atoms with Crippen molar-refractivity contribution in [3.05, 3.63) is 12.3 Å². The fourth-order valence-electron chi connectivity index (χ4n) is 1.71. The van der Waals surface area contributed by atoms with Crippen LogP contribution in [0.5, 0.6) is 0 Å². The molecule has 15 heavy (non-hydrogen) atoms. The number of nitrogen functional groups attached to an aromatic ring is 1. The zero-order valence-electron chi connectivity index (χ0n) is 8.13. The largest absolute Gasteiger partial charge is 0.481 e. The first-order valence-electron chi connectivity index (χ1n) is 4.73. The molecule has 1 aliphatic heterocycles. The molecule has 0 spiro atoms. The summed E-state index contributed by atoms with van der Waals surface area (Å²) in [5.41, 5.74) is 5.46. The molecule has 2 rings (SSSR count). The van der Waals surface area contributed by atoms with Crippen molar-refractivity contribution < 1.29 is 9.90 Å². The highest BCUT2D eigenvalue weighted by molar-refractivity contribution is 5.71. The van der Waals surface area contributed by atoms with E-state index in [4.69, 9.17) is 10.8 Å². The maximum absolute atomic E-state index is 10.8. The molecule has 1 aromatic rings. The monoisotopic (exact) mass is 208 g/mol. The van der Waals surface area contributed by atoms with E-state index in [9.17, 15) is 4.79 Å². The van der Waals surface area contributed by atoms with Gasteiger partial charge in [-0.2, -0.15) is 4.98 Å². The number of hydrogen-bond donors (Lipinski definition) is 2. The first kappa shape index (κ1) is 9.70. The average Bonchev–Trinajstić information content (AvgIpc) is 2.66. The molecule has 0 aromatic carbocycles. The molecule has 0 amide bonds. The van der Waals surface area contributed by atoms with Crippen LogP contribution in [0.4, 0.5) is 11.8 Å². The number of anilines is 2. The van der Waals surface area contributed by atoms with Crippen molar-refractivity contribution in [2.75, 3.05) is 23.7 Å². The predicted octanol–water partition coefficient (Wildman–Crippen LogP) is -0.0303. The number of carbonyl (C=O) groups is 1. The smallest absolute Gasteiger partial charge is 0.308 e. The van der Waals surface area contributed by atoms with E-state index in [1.54, 1.807) is 12.3 Å². The number of aliphatic carboxylic acids is 1.